The Labute approximate surface area is 189 Å². The van der Waals surface area contributed by atoms with Crippen molar-refractivity contribution in [1.29, 1.82) is 0 Å². The molecule has 4 N–H and O–H groups in total. The maximum absolute atomic E-state index is 13.6. The summed E-state index contributed by atoms with van der Waals surface area (Å²) in [4.78, 5) is 49.1. The fourth-order valence-corrected chi connectivity index (χ4v) is 3.43. The van der Waals surface area contributed by atoms with Gasteiger partial charge in [-0.3, -0.25) is 19.2 Å². The lowest BCUT2D eigenvalue weighted by atomic mass is 10.2. The van der Waals surface area contributed by atoms with E-state index in [4.69, 9.17) is 5.73 Å². The molecule has 2 rings (SSSR count). The van der Waals surface area contributed by atoms with Crippen LogP contribution in [-0.4, -0.2) is 53.1 Å². The summed E-state index contributed by atoms with van der Waals surface area (Å²) in [5.74, 6) is -1.90. The quantitative estimate of drug-likeness (QED) is 0.476. The van der Waals surface area contributed by atoms with Crippen molar-refractivity contribution in [3.63, 3.8) is 0 Å². The van der Waals surface area contributed by atoms with Crippen LogP contribution in [0.3, 0.4) is 0 Å². The number of rotatable bonds is 11. The van der Waals surface area contributed by atoms with E-state index in [9.17, 15) is 23.6 Å². The van der Waals surface area contributed by atoms with Gasteiger partial charge in [0.05, 0.1) is 17.2 Å². The van der Waals surface area contributed by atoms with Crippen molar-refractivity contribution < 1.29 is 23.6 Å². The summed E-state index contributed by atoms with van der Waals surface area (Å²) < 4.78 is 13.6. The van der Waals surface area contributed by atoms with Crippen molar-refractivity contribution in [3.05, 3.63) is 59.9 Å². The molecule has 10 heteroatoms. The van der Waals surface area contributed by atoms with Crippen molar-refractivity contribution in [2.45, 2.75) is 13.3 Å². The van der Waals surface area contributed by atoms with Crippen LogP contribution in [0.15, 0.2) is 48.5 Å². The highest BCUT2D eigenvalue weighted by molar-refractivity contribution is 8.00. The molecule has 0 atom stereocenters. The van der Waals surface area contributed by atoms with Gasteiger partial charge in [0, 0.05) is 30.8 Å². The number of amides is 4. The SMILES string of the molecule is CCN(CCC(=O)Nc1ccc(C(N)=O)cc1)C(=O)CSCC(=O)Nc1ccccc1F. The van der Waals surface area contributed by atoms with E-state index in [0.29, 0.717) is 17.8 Å². The maximum atomic E-state index is 13.6. The van der Waals surface area contributed by atoms with Crippen LogP contribution in [0.1, 0.15) is 23.7 Å². The average Bonchev–Trinajstić information content (AvgIpc) is 2.76. The predicted molar refractivity (Wildman–Crippen MR) is 123 cm³/mol. The second-order valence-electron chi connectivity index (χ2n) is 6.73. The van der Waals surface area contributed by atoms with Gasteiger partial charge in [-0.15, -0.1) is 11.8 Å². The highest BCUT2D eigenvalue weighted by Crippen LogP contribution is 2.13. The number of anilines is 2. The van der Waals surface area contributed by atoms with E-state index in [0.717, 1.165) is 11.8 Å². The summed E-state index contributed by atoms with van der Waals surface area (Å²) in [5, 5.41) is 5.16. The number of halogens is 1. The molecule has 0 aliphatic carbocycles. The smallest absolute Gasteiger partial charge is 0.248 e. The van der Waals surface area contributed by atoms with Crippen molar-refractivity contribution in [3.8, 4) is 0 Å². The molecule has 0 aliphatic heterocycles. The minimum Gasteiger partial charge on any atom is -0.366 e. The molecule has 0 unspecified atom stereocenters. The molecular formula is C22H25FN4O4S. The first-order valence-electron chi connectivity index (χ1n) is 9.89. The number of para-hydroxylation sites is 1. The van der Waals surface area contributed by atoms with E-state index in [1.165, 1.54) is 35.2 Å². The number of hydrogen-bond donors (Lipinski definition) is 3. The van der Waals surface area contributed by atoms with E-state index >= 15 is 0 Å². The van der Waals surface area contributed by atoms with E-state index in [1.54, 1.807) is 25.1 Å². The van der Waals surface area contributed by atoms with Crippen LogP contribution in [0, 0.1) is 5.82 Å². The number of primary amides is 1. The van der Waals surface area contributed by atoms with Gasteiger partial charge < -0.3 is 21.3 Å². The van der Waals surface area contributed by atoms with E-state index in [1.807, 2.05) is 0 Å². The summed E-state index contributed by atoms with van der Waals surface area (Å²) in [7, 11) is 0. The number of nitrogens with zero attached hydrogens (tertiary/aromatic N) is 1. The lowest BCUT2D eigenvalue weighted by molar-refractivity contribution is -0.128. The van der Waals surface area contributed by atoms with Crippen LogP contribution in [0.5, 0.6) is 0 Å². The topological polar surface area (TPSA) is 122 Å². The summed E-state index contributed by atoms with van der Waals surface area (Å²) >= 11 is 1.11. The van der Waals surface area contributed by atoms with Crippen molar-refractivity contribution in [2.24, 2.45) is 5.73 Å². The Bertz CT molecular complexity index is 969. The third kappa shape index (κ3) is 8.03. The third-order valence-corrected chi connectivity index (χ3v) is 5.32. The Morgan fingerprint density at radius 1 is 0.969 bits per heavy atom. The molecule has 2 aromatic carbocycles. The Morgan fingerprint density at radius 2 is 1.66 bits per heavy atom. The molecule has 0 heterocycles. The largest absolute Gasteiger partial charge is 0.366 e. The first-order chi connectivity index (χ1) is 15.3. The van der Waals surface area contributed by atoms with Crippen molar-refractivity contribution >= 4 is 46.8 Å². The summed E-state index contributed by atoms with van der Waals surface area (Å²) in [6.07, 6.45) is 0.0928. The lowest BCUT2D eigenvalue weighted by Gasteiger charge is -2.20. The van der Waals surface area contributed by atoms with Crippen molar-refractivity contribution in [2.75, 3.05) is 35.2 Å². The summed E-state index contributed by atoms with van der Waals surface area (Å²) in [6.45, 7) is 2.44. The van der Waals surface area contributed by atoms with Gasteiger partial charge in [0.25, 0.3) is 0 Å². The normalized spacial score (nSPS) is 10.3. The van der Waals surface area contributed by atoms with Crippen LogP contribution in [0.2, 0.25) is 0 Å². The van der Waals surface area contributed by atoms with Crippen LogP contribution in [0.25, 0.3) is 0 Å². The molecule has 0 radical (unpaired) electrons. The van der Waals surface area contributed by atoms with Crippen LogP contribution in [-0.2, 0) is 14.4 Å². The molecule has 0 aromatic heterocycles. The van der Waals surface area contributed by atoms with Gasteiger partial charge in [0.1, 0.15) is 5.82 Å². The maximum Gasteiger partial charge on any atom is 0.248 e. The van der Waals surface area contributed by atoms with Crippen LogP contribution >= 0.6 is 11.8 Å². The van der Waals surface area contributed by atoms with E-state index < -0.39 is 17.6 Å². The Morgan fingerprint density at radius 3 is 2.28 bits per heavy atom. The van der Waals surface area contributed by atoms with Crippen LogP contribution < -0.4 is 16.4 Å². The molecule has 2 aromatic rings. The second-order valence-corrected chi connectivity index (χ2v) is 7.72. The monoisotopic (exact) mass is 460 g/mol. The Balaban J connectivity index is 1.72. The predicted octanol–water partition coefficient (Wildman–Crippen LogP) is 2.47. The number of nitrogens with one attached hydrogen (secondary N) is 2. The molecule has 0 saturated heterocycles. The average molecular weight is 461 g/mol. The van der Waals surface area contributed by atoms with Gasteiger partial charge in [-0.1, -0.05) is 12.1 Å². The molecule has 0 bridgehead atoms. The number of carbonyl (C=O) groups is 4. The van der Waals surface area contributed by atoms with Gasteiger partial charge in [0.2, 0.25) is 23.6 Å². The summed E-state index contributed by atoms with van der Waals surface area (Å²) in [5.41, 5.74) is 6.13. The fraction of sp³-hybridized carbons (Fsp3) is 0.273. The minimum atomic E-state index is -0.553. The van der Waals surface area contributed by atoms with Gasteiger partial charge in [0.15, 0.2) is 0 Å². The standard InChI is InChI=1S/C22H25FN4O4S/c1-2-27(12-11-19(28)25-16-9-7-15(8-10-16)22(24)31)21(30)14-32-13-20(29)26-18-6-4-3-5-17(18)23/h3-10H,2,11-14H2,1H3,(H2,24,31)(H,25,28)(H,26,29). The first kappa shape index (κ1) is 24.9. The lowest BCUT2D eigenvalue weighted by Crippen LogP contribution is -2.35. The van der Waals surface area contributed by atoms with Gasteiger partial charge in [-0.25, -0.2) is 4.39 Å². The number of carbonyl (C=O) groups excluding carboxylic acids is 4. The zero-order valence-corrected chi connectivity index (χ0v) is 18.4. The molecule has 170 valence electrons. The number of benzene rings is 2. The van der Waals surface area contributed by atoms with Crippen molar-refractivity contribution in [1.82, 2.24) is 4.90 Å². The second kappa shape index (κ2) is 12.5. The minimum absolute atomic E-state index is 0.000582. The number of hydrogen-bond acceptors (Lipinski definition) is 5. The fourth-order valence-electron chi connectivity index (χ4n) is 2.71. The molecule has 0 saturated carbocycles. The molecule has 0 aliphatic rings. The van der Waals surface area contributed by atoms with Gasteiger partial charge in [-0.05, 0) is 43.3 Å². The number of nitrogens with two attached hydrogens (primary N) is 1. The zero-order valence-electron chi connectivity index (χ0n) is 17.6. The molecule has 4 amide bonds. The van der Waals surface area contributed by atoms with E-state index in [-0.39, 0.29) is 42.0 Å². The Hall–Kier alpha value is -3.40. The highest BCUT2D eigenvalue weighted by atomic mass is 32.2. The highest BCUT2D eigenvalue weighted by Gasteiger charge is 2.15. The van der Waals surface area contributed by atoms with Gasteiger partial charge >= 0.3 is 0 Å². The third-order valence-electron chi connectivity index (χ3n) is 4.40. The molecule has 0 spiro atoms. The van der Waals surface area contributed by atoms with E-state index in [2.05, 4.69) is 10.6 Å². The molecular weight excluding hydrogens is 435 g/mol. The van der Waals surface area contributed by atoms with Crippen LogP contribution in [0.4, 0.5) is 15.8 Å². The van der Waals surface area contributed by atoms with Gasteiger partial charge in [-0.2, -0.15) is 0 Å². The molecule has 32 heavy (non-hydrogen) atoms. The number of thioether (sulfide) groups is 1. The molecule has 0 fully saturated rings. The first-order valence-corrected chi connectivity index (χ1v) is 11.0. The zero-order chi connectivity index (χ0) is 23.5. The summed E-state index contributed by atoms with van der Waals surface area (Å²) in [6, 6.07) is 12.0. The Kier molecular flexibility index (Phi) is 9.68. The molecule has 8 nitrogen and oxygen atoms in total.